The molecule has 0 unspecified atom stereocenters. The second-order valence-electron chi connectivity index (χ2n) is 11.1. The number of ether oxygens (including phenoxy) is 1. The van der Waals surface area contributed by atoms with E-state index in [2.05, 4.69) is 0 Å². The van der Waals surface area contributed by atoms with Crippen LogP contribution in [0.4, 0.5) is 17.1 Å². The molecule has 3 heterocycles. The molecule has 3 amide bonds. The van der Waals surface area contributed by atoms with Gasteiger partial charge in [-0.1, -0.05) is 55.5 Å². The molecule has 0 saturated heterocycles. The number of carbonyl (C=O) groups excluding carboxylic acids is 3. The molecule has 3 aromatic carbocycles. The van der Waals surface area contributed by atoms with E-state index >= 15 is 0 Å². The topological polar surface area (TPSA) is 111 Å². The summed E-state index contributed by atoms with van der Waals surface area (Å²) in [5.74, 6) is -0.994. The zero-order valence-electron chi connectivity index (χ0n) is 23.6. The quantitative estimate of drug-likeness (QED) is 0.442. The Bertz CT molecular complexity index is 1600. The Hall–Kier alpha value is -4.47. The highest BCUT2D eigenvalue weighted by atomic mass is 16.5. The highest BCUT2D eigenvalue weighted by molar-refractivity contribution is 6.09. The molecule has 0 bridgehead atoms. The van der Waals surface area contributed by atoms with E-state index in [1.165, 1.54) is 9.80 Å². The number of hydrogen-bond acceptors (Lipinski definition) is 6. The lowest BCUT2D eigenvalue weighted by Crippen LogP contribution is -2.46. The fourth-order valence-electron chi connectivity index (χ4n) is 6.24. The molecule has 9 heteroatoms. The predicted molar refractivity (Wildman–Crippen MR) is 157 cm³/mol. The molecule has 0 spiro atoms. The van der Waals surface area contributed by atoms with Crippen LogP contribution in [0.1, 0.15) is 30.0 Å². The standard InChI is InChI=1S/C33H33N3O6/c1-21(8-7-13-30(38)35-18-23-10-4-3-9-22(23)16-25(35)19-37)33(41)26-17-24(14-15-27(26)34(2)32(33)40)36-28-11-5-6-12-29(28)42-20-31(36)39/h3-12,14-15,17,21,25,37,41H,13,16,18-20H2,1-2H3/b8-7+/t21-,25+,33+/m1/s1. The predicted octanol–water partition coefficient (Wildman–Crippen LogP) is 3.44. The molecule has 0 aromatic heterocycles. The van der Waals surface area contributed by atoms with Gasteiger partial charge in [0.15, 0.2) is 12.2 Å². The molecule has 0 radical (unpaired) electrons. The van der Waals surface area contributed by atoms with Crippen molar-refractivity contribution in [3.05, 3.63) is 95.6 Å². The van der Waals surface area contributed by atoms with E-state index in [0.29, 0.717) is 41.3 Å². The average Bonchev–Trinajstić information content (AvgIpc) is 3.21. The first-order valence-electron chi connectivity index (χ1n) is 14.1. The number of benzene rings is 3. The highest BCUT2D eigenvalue weighted by Crippen LogP contribution is 2.47. The summed E-state index contributed by atoms with van der Waals surface area (Å²) in [6, 6.07) is 20.0. The number of likely N-dealkylation sites (N-methyl/N-ethyl adjacent to an activating group) is 1. The first-order valence-corrected chi connectivity index (χ1v) is 14.1. The minimum Gasteiger partial charge on any atom is -0.482 e. The summed E-state index contributed by atoms with van der Waals surface area (Å²) >= 11 is 0. The average molecular weight is 568 g/mol. The van der Waals surface area contributed by atoms with Gasteiger partial charge in [0, 0.05) is 37.2 Å². The number of para-hydroxylation sites is 2. The van der Waals surface area contributed by atoms with Gasteiger partial charge in [0.25, 0.3) is 11.8 Å². The fourth-order valence-corrected chi connectivity index (χ4v) is 6.24. The second-order valence-corrected chi connectivity index (χ2v) is 11.1. The smallest absolute Gasteiger partial charge is 0.269 e. The van der Waals surface area contributed by atoms with Gasteiger partial charge in [0.1, 0.15) is 5.75 Å². The van der Waals surface area contributed by atoms with Crippen molar-refractivity contribution in [2.75, 3.05) is 30.1 Å². The number of carbonyl (C=O) groups is 3. The number of amides is 3. The summed E-state index contributed by atoms with van der Waals surface area (Å²) < 4.78 is 5.57. The van der Waals surface area contributed by atoms with Gasteiger partial charge in [-0.05, 0) is 47.9 Å². The van der Waals surface area contributed by atoms with Crippen LogP contribution < -0.4 is 14.5 Å². The highest BCUT2D eigenvalue weighted by Gasteiger charge is 2.51. The van der Waals surface area contributed by atoms with E-state index in [9.17, 15) is 24.6 Å². The maximum absolute atomic E-state index is 13.5. The van der Waals surface area contributed by atoms with Crippen molar-refractivity contribution < 1.29 is 29.3 Å². The summed E-state index contributed by atoms with van der Waals surface area (Å²) in [6.07, 6.45) is 4.02. The molecule has 6 rings (SSSR count). The molecule has 9 nitrogen and oxygen atoms in total. The van der Waals surface area contributed by atoms with Gasteiger partial charge >= 0.3 is 0 Å². The van der Waals surface area contributed by atoms with Gasteiger partial charge in [-0.2, -0.15) is 0 Å². The lowest BCUT2D eigenvalue weighted by atomic mass is 9.82. The SMILES string of the molecule is C[C@H](/C=C/CC(=O)N1Cc2ccccc2C[C@H]1CO)[C@@]1(O)C(=O)N(C)c2ccc(N3C(=O)COc4ccccc43)cc21. The Balaban J connectivity index is 1.25. The number of fused-ring (bicyclic) bond motifs is 3. The van der Waals surface area contributed by atoms with E-state index < -0.39 is 17.4 Å². The molecule has 42 heavy (non-hydrogen) atoms. The third kappa shape index (κ3) is 4.45. The van der Waals surface area contributed by atoms with Crippen LogP contribution in [0.15, 0.2) is 78.9 Å². The minimum absolute atomic E-state index is 0.0646. The fraction of sp³-hybridized carbons (Fsp3) is 0.303. The van der Waals surface area contributed by atoms with Gasteiger partial charge in [-0.3, -0.25) is 19.3 Å². The Morgan fingerprint density at radius 3 is 2.60 bits per heavy atom. The van der Waals surface area contributed by atoms with Crippen molar-refractivity contribution in [1.82, 2.24) is 4.90 Å². The minimum atomic E-state index is -1.90. The van der Waals surface area contributed by atoms with Crippen LogP contribution in [0.25, 0.3) is 0 Å². The Morgan fingerprint density at radius 2 is 1.81 bits per heavy atom. The maximum Gasteiger partial charge on any atom is 0.269 e. The second kappa shape index (κ2) is 10.7. The monoisotopic (exact) mass is 567 g/mol. The van der Waals surface area contributed by atoms with Crippen LogP contribution in [-0.2, 0) is 33.0 Å². The molecule has 3 atom stereocenters. The number of rotatable bonds is 6. The zero-order chi connectivity index (χ0) is 29.6. The normalized spacial score (nSPS) is 22.1. The van der Waals surface area contributed by atoms with Crippen molar-refractivity contribution in [2.24, 2.45) is 5.92 Å². The van der Waals surface area contributed by atoms with Gasteiger partial charge in [-0.15, -0.1) is 0 Å². The number of anilines is 3. The molecule has 0 saturated carbocycles. The van der Waals surface area contributed by atoms with Crippen LogP contribution >= 0.6 is 0 Å². The number of aliphatic hydroxyl groups is 2. The summed E-state index contributed by atoms with van der Waals surface area (Å²) in [4.78, 5) is 44.2. The summed E-state index contributed by atoms with van der Waals surface area (Å²) in [5.41, 5.74) is 2.35. The third-order valence-electron chi connectivity index (χ3n) is 8.61. The lowest BCUT2D eigenvalue weighted by molar-refractivity contribution is -0.139. The van der Waals surface area contributed by atoms with Crippen molar-refractivity contribution in [3.8, 4) is 5.75 Å². The Kier molecular flexibility index (Phi) is 7.08. The summed E-state index contributed by atoms with van der Waals surface area (Å²) in [7, 11) is 1.61. The molecule has 3 aliphatic rings. The first-order chi connectivity index (χ1) is 20.2. The molecular formula is C33H33N3O6. The van der Waals surface area contributed by atoms with Crippen LogP contribution in [-0.4, -0.2) is 59.1 Å². The summed E-state index contributed by atoms with van der Waals surface area (Å²) in [5, 5.41) is 21.9. The van der Waals surface area contributed by atoms with Gasteiger partial charge < -0.3 is 24.7 Å². The van der Waals surface area contributed by atoms with E-state index in [1.54, 1.807) is 61.4 Å². The van der Waals surface area contributed by atoms with E-state index in [-0.39, 0.29) is 37.5 Å². The number of hydrogen-bond donors (Lipinski definition) is 2. The van der Waals surface area contributed by atoms with Crippen LogP contribution in [0.5, 0.6) is 5.75 Å². The molecule has 0 aliphatic carbocycles. The van der Waals surface area contributed by atoms with Gasteiger partial charge in [0.05, 0.1) is 24.0 Å². The van der Waals surface area contributed by atoms with Crippen molar-refractivity contribution >= 4 is 34.8 Å². The van der Waals surface area contributed by atoms with Crippen molar-refractivity contribution in [2.45, 2.75) is 38.0 Å². The van der Waals surface area contributed by atoms with E-state index in [0.717, 1.165) is 11.1 Å². The molecule has 3 aliphatic heterocycles. The Labute approximate surface area is 244 Å². The maximum atomic E-state index is 13.5. The molecule has 3 aromatic rings. The molecular weight excluding hydrogens is 534 g/mol. The Morgan fingerprint density at radius 1 is 1.07 bits per heavy atom. The van der Waals surface area contributed by atoms with Crippen LogP contribution in [0.2, 0.25) is 0 Å². The zero-order valence-corrected chi connectivity index (χ0v) is 23.6. The van der Waals surface area contributed by atoms with Gasteiger partial charge in [-0.25, -0.2) is 0 Å². The third-order valence-corrected chi connectivity index (χ3v) is 8.61. The molecule has 2 N–H and O–H groups in total. The number of aliphatic hydroxyl groups excluding tert-OH is 1. The van der Waals surface area contributed by atoms with Crippen LogP contribution in [0, 0.1) is 5.92 Å². The van der Waals surface area contributed by atoms with Crippen molar-refractivity contribution in [1.29, 1.82) is 0 Å². The summed E-state index contributed by atoms with van der Waals surface area (Å²) in [6.45, 7) is 1.91. The lowest BCUT2D eigenvalue weighted by Gasteiger charge is -2.36. The van der Waals surface area contributed by atoms with Crippen molar-refractivity contribution in [3.63, 3.8) is 0 Å². The largest absolute Gasteiger partial charge is 0.482 e. The van der Waals surface area contributed by atoms with E-state index in [1.807, 2.05) is 36.4 Å². The first kappa shape index (κ1) is 27.7. The molecule has 0 fully saturated rings. The van der Waals surface area contributed by atoms with E-state index in [4.69, 9.17) is 4.74 Å². The van der Waals surface area contributed by atoms with Gasteiger partial charge in [0.2, 0.25) is 5.91 Å². The molecule has 216 valence electrons. The number of nitrogens with zero attached hydrogens (tertiary/aromatic N) is 3. The van der Waals surface area contributed by atoms with Crippen LogP contribution in [0.3, 0.4) is 0 Å².